The van der Waals surface area contributed by atoms with Gasteiger partial charge in [-0.15, -0.1) is 10.2 Å². The molecule has 2 aromatic rings. The Labute approximate surface area is 127 Å². The van der Waals surface area contributed by atoms with Crippen LogP contribution in [-0.4, -0.2) is 26.1 Å². The highest BCUT2D eigenvalue weighted by molar-refractivity contribution is 5.94. The molecule has 3 rings (SSSR count). The number of benzene rings is 1. The number of amides is 1. The number of nitrogens with one attached hydrogen (secondary N) is 1. The van der Waals surface area contributed by atoms with Crippen molar-refractivity contribution >= 4 is 5.91 Å². The fourth-order valence-electron chi connectivity index (χ4n) is 2.26. The molecule has 1 aliphatic carbocycles. The molecule has 1 aromatic carbocycles. The van der Waals surface area contributed by atoms with Gasteiger partial charge in [-0.25, -0.2) is 0 Å². The van der Waals surface area contributed by atoms with Crippen molar-refractivity contribution in [3.63, 3.8) is 0 Å². The minimum Gasteiger partial charge on any atom is -0.342 e. The molecule has 1 aromatic heterocycles. The SMILES string of the molecule is N#CCCn1nnc(C(NC(=O)c2ccccc2)C2CC2)n1. The zero-order valence-corrected chi connectivity index (χ0v) is 12.0. The Hall–Kier alpha value is -2.75. The largest absolute Gasteiger partial charge is 0.342 e. The van der Waals surface area contributed by atoms with Gasteiger partial charge in [0.2, 0.25) is 0 Å². The Balaban J connectivity index is 1.72. The molecule has 1 fully saturated rings. The van der Waals surface area contributed by atoms with Crippen molar-refractivity contribution < 1.29 is 4.79 Å². The molecule has 22 heavy (non-hydrogen) atoms. The van der Waals surface area contributed by atoms with Crippen LogP contribution in [0.5, 0.6) is 0 Å². The zero-order chi connectivity index (χ0) is 15.4. The minimum atomic E-state index is -0.219. The van der Waals surface area contributed by atoms with E-state index in [9.17, 15) is 4.79 Å². The van der Waals surface area contributed by atoms with E-state index in [0.29, 0.717) is 30.3 Å². The van der Waals surface area contributed by atoms with Gasteiger partial charge in [-0.1, -0.05) is 18.2 Å². The number of carbonyl (C=O) groups excluding carboxylic acids is 1. The molecule has 0 bridgehead atoms. The number of aromatic nitrogens is 4. The second-order valence-electron chi connectivity index (χ2n) is 5.31. The lowest BCUT2D eigenvalue weighted by Crippen LogP contribution is -2.30. The molecule has 0 radical (unpaired) electrons. The highest BCUT2D eigenvalue weighted by Gasteiger charge is 2.36. The number of carbonyl (C=O) groups is 1. The summed E-state index contributed by atoms with van der Waals surface area (Å²) in [5.74, 6) is 0.747. The van der Waals surface area contributed by atoms with Gasteiger partial charge in [0.25, 0.3) is 5.91 Å². The molecule has 1 saturated carbocycles. The van der Waals surface area contributed by atoms with E-state index in [4.69, 9.17) is 5.26 Å². The van der Waals surface area contributed by atoms with Gasteiger partial charge in [0.05, 0.1) is 25.1 Å². The van der Waals surface area contributed by atoms with Crippen molar-refractivity contribution in [2.75, 3.05) is 0 Å². The molecular weight excluding hydrogens is 280 g/mol. The lowest BCUT2D eigenvalue weighted by atomic mass is 10.1. The Bertz CT molecular complexity index is 686. The Morgan fingerprint density at radius 3 is 2.86 bits per heavy atom. The van der Waals surface area contributed by atoms with Crippen molar-refractivity contribution in [2.24, 2.45) is 5.92 Å². The van der Waals surface area contributed by atoms with Crippen LogP contribution in [0.25, 0.3) is 0 Å². The summed E-state index contributed by atoms with van der Waals surface area (Å²) in [7, 11) is 0. The van der Waals surface area contributed by atoms with E-state index in [1.807, 2.05) is 24.3 Å². The summed E-state index contributed by atoms with van der Waals surface area (Å²) in [5.41, 5.74) is 0.616. The van der Waals surface area contributed by atoms with Crippen molar-refractivity contribution in [3.8, 4) is 6.07 Å². The highest BCUT2D eigenvalue weighted by atomic mass is 16.1. The third kappa shape index (κ3) is 3.28. The first-order chi connectivity index (χ1) is 10.8. The highest BCUT2D eigenvalue weighted by Crippen LogP contribution is 2.39. The van der Waals surface area contributed by atoms with Crippen molar-refractivity contribution in [1.82, 2.24) is 25.5 Å². The molecule has 1 unspecified atom stereocenters. The van der Waals surface area contributed by atoms with Crippen LogP contribution in [-0.2, 0) is 6.54 Å². The fraction of sp³-hybridized carbons (Fsp3) is 0.400. The van der Waals surface area contributed by atoms with Crippen LogP contribution in [0.2, 0.25) is 0 Å². The van der Waals surface area contributed by atoms with E-state index in [1.54, 1.807) is 12.1 Å². The van der Waals surface area contributed by atoms with Crippen LogP contribution in [0, 0.1) is 17.2 Å². The van der Waals surface area contributed by atoms with Crippen LogP contribution in [0.1, 0.15) is 41.5 Å². The van der Waals surface area contributed by atoms with E-state index in [-0.39, 0.29) is 11.9 Å². The lowest BCUT2D eigenvalue weighted by molar-refractivity contribution is 0.0929. The van der Waals surface area contributed by atoms with Crippen molar-refractivity contribution in [3.05, 3.63) is 41.7 Å². The number of nitriles is 1. The quantitative estimate of drug-likeness (QED) is 0.870. The maximum absolute atomic E-state index is 12.3. The Kier molecular flexibility index (Phi) is 4.10. The topological polar surface area (TPSA) is 96.5 Å². The van der Waals surface area contributed by atoms with Crippen molar-refractivity contribution in [2.45, 2.75) is 31.8 Å². The normalized spacial score (nSPS) is 15.0. The van der Waals surface area contributed by atoms with Crippen LogP contribution in [0.3, 0.4) is 0 Å². The molecule has 0 saturated heterocycles. The third-order valence-corrected chi connectivity index (χ3v) is 3.59. The summed E-state index contributed by atoms with van der Waals surface area (Å²) in [5, 5.41) is 23.8. The van der Waals surface area contributed by atoms with E-state index in [0.717, 1.165) is 12.8 Å². The summed E-state index contributed by atoms with van der Waals surface area (Å²) < 4.78 is 0. The number of aryl methyl sites for hydroxylation is 1. The number of tetrazole rings is 1. The van der Waals surface area contributed by atoms with Gasteiger partial charge >= 0.3 is 0 Å². The van der Waals surface area contributed by atoms with Gasteiger partial charge < -0.3 is 5.32 Å². The second kappa shape index (κ2) is 6.35. The van der Waals surface area contributed by atoms with E-state index in [1.165, 1.54) is 4.80 Å². The first-order valence-electron chi connectivity index (χ1n) is 7.28. The van der Waals surface area contributed by atoms with E-state index >= 15 is 0 Å². The fourth-order valence-corrected chi connectivity index (χ4v) is 2.26. The third-order valence-electron chi connectivity index (χ3n) is 3.59. The molecule has 7 nitrogen and oxygen atoms in total. The molecular formula is C15H16N6O. The predicted molar refractivity (Wildman–Crippen MR) is 77.4 cm³/mol. The summed E-state index contributed by atoms with van der Waals surface area (Å²) in [6, 6.07) is 10.9. The summed E-state index contributed by atoms with van der Waals surface area (Å²) >= 11 is 0. The van der Waals surface area contributed by atoms with Gasteiger partial charge in [-0.3, -0.25) is 4.79 Å². The maximum atomic E-state index is 12.3. The number of hydrogen-bond acceptors (Lipinski definition) is 5. The number of hydrogen-bond donors (Lipinski definition) is 1. The van der Waals surface area contributed by atoms with E-state index < -0.39 is 0 Å². The van der Waals surface area contributed by atoms with E-state index in [2.05, 4.69) is 20.7 Å². The van der Waals surface area contributed by atoms with Crippen LogP contribution >= 0.6 is 0 Å². The molecule has 1 atom stereocenters. The van der Waals surface area contributed by atoms with Gasteiger partial charge in [0.15, 0.2) is 5.82 Å². The predicted octanol–water partition coefficient (Wildman–Crippen LogP) is 1.47. The van der Waals surface area contributed by atoms with Crippen LogP contribution < -0.4 is 5.32 Å². The average Bonchev–Trinajstić information content (AvgIpc) is 3.29. The monoisotopic (exact) mass is 296 g/mol. The Morgan fingerprint density at radius 2 is 2.18 bits per heavy atom. The Morgan fingerprint density at radius 1 is 1.41 bits per heavy atom. The average molecular weight is 296 g/mol. The summed E-state index contributed by atoms with van der Waals surface area (Å²) in [4.78, 5) is 13.7. The lowest BCUT2D eigenvalue weighted by Gasteiger charge is -2.14. The number of rotatable bonds is 6. The summed E-state index contributed by atoms with van der Waals surface area (Å²) in [6.45, 7) is 0.410. The van der Waals surface area contributed by atoms with Gasteiger partial charge in [0.1, 0.15) is 0 Å². The minimum absolute atomic E-state index is 0.133. The van der Waals surface area contributed by atoms with Gasteiger partial charge in [-0.05, 0) is 36.1 Å². The molecule has 0 spiro atoms. The molecule has 1 heterocycles. The van der Waals surface area contributed by atoms with Gasteiger partial charge in [-0.2, -0.15) is 10.1 Å². The second-order valence-corrected chi connectivity index (χ2v) is 5.31. The maximum Gasteiger partial charge on any atom is 0.251 e. The molecule has 0 aliphatic heterocycles. The molecule has 7 heteroatoms. The zero-order valence-electron chi connectivity index (χ0n) is 12.0. The van der Waals surface area contributed by atoms with Crippen LogP contribution in [0.15, 0.2) is 30.3 Å². The first-order valence-corrected chi connectivity index (χ1v) is 7.28. The van der Waals surface area contributed by atoms with Crippen LogP contribution in [0.4, 0.5) is 0 Å². The molecule has 1 N–H and O–H groups in total. The standard InChI is InChI=1S/C15H16N6O/c16-9-4-10-21-19-14(18-20-21)13(11-7-8-11)17-15(22)12-5-2-1-3-6-12/h1-3,5-6,11,13H,4,7-8,10H2,(H,17,22). The van der Waals surface area contributed by atoms with Crippen molar-refractivity contribution in [1.29, 1.82) is 5.26 Å². The molecule has 112 valence electrons. The smallest absolute Gasteiger partial charge is 0.251 e. The number of nitrogens with zero attached hydrogens (tertiary/aromatic N) is 5. The first kappa shape index (κ1) is 14.2. The molecule has 1 amide bonds. The summed E-state index contributed by atoms with van der Waals surface area (Å²) in [6.07, 6.45) is 2.43. The molecule has 1 aliphatic rings. The van der Waals surface area contributed by atoms with Gasteiger partial charge in [0, 0.05) is 5.56 Å².